The number of hydrogen-bond donors (Lipinski definition) is 1. The maximum absolute atomic E-state index is 6.13. The molecule has 0 aliphatic heterocycles. The van der Waals surface area contributed by atoms with E-state index in [2.05, 4.69) is 0 Å². The Morgan fingerprint density at radius 3 is 2.56 bits per heavy atom. The smallest absolute Gasteiger partial charge is 0.125 e. The highest BCUT2D eigenvalue weighted by Crippen LogP contribution is 2.28. The first-order valence-electron chi connectivity index (χ1n) is 5.17. The van der Waals surface area contributed by atoms with E-state index in [1.807, 2.05) is 43.3 Å². The van der Waals surface area contributed by atoms with E-state index in [9.17, 15) is 0 Å². The van der Waals surface area contributed by atoms with Gasteiger partial charge in [-0.1, -0.05) is 18.2 Å². The summed E-state index contributed by atoms with van der Waals surface area (Å²) in [5.41, 5.74) is 7.06. The van der Waals surface area contributed by atoms with Crippen LogP contribution in [0.25, 0.3) is 0 Å². The minimum atomic E-state index is -0.287. The molecule has 1 aromatic heterocycles. The van der Waals surface area contributed by atoms with Crippen LogP contribution >= 0.6 is 0 Å². The highest BCUT2D eigenvalue weighted by atomic mass is 16.5. The van der Waals surface area contributed by atoms with Crippen molar-refractivity contribution in [1.29, 1.82) is 0 Å². The molecule has 0 saturated carbocycles. The molecule has 0 fully saturated rings. The van der Waals surface area contributed by atoms with Crippen LogP contribution < -0.4 is 10.5 Å². The molecule has 0 radical (unpaired) electrons. The zero-order valence-corrected chi connectivity index (χ0v) is 9.44. The van der Waals surface area contributed by atoms with Crippen LogP contribution in [-0.4, -0.2) is 7.11 Å². The molecule has 1 heterocycles. The van der Waals surface area contributed by atoms with Crippen LogP contribution in [0.3, 0.4) is 0 Å². The van der Waals surface area contributed by atoms with Gasteiger partial charge >= 0.3 is 0 Å². The van der Waals surface area contributed by atoms with Gasteiger partial charge in [-0.25, -0.2) is 0 Å². The van der Waals surface area contributed by atoms with E-state index >= 15 is 0 Å². The molecule has 3 heteroatoms. The van der Waals surface area contributed by atoms with Gasteiger partial charge in [0.2, 0.25) is 0 Å². The Kier molecular flexibility index (Phi) is 2.97. The van der Waals surface area contributed by atoms with Crippen molar-refractivity contribution in [2.75, 3.05) is 7.11 Å². The highest BCUT2D eigenvalue weighted by molar-refractivity contribution is 5.39. The number of nitrogens with two attached hydrogens (primary N) is 1. The predicted molar refractivity (Wildman–Crippen MR) is 62.5 cm³/mol. The summed E-state index contributed by atoms with van der Waals surface area (Å²) in [6, 6.07) is 11.2. The van der Waals surface area contributed by atoms with Crippen LogP contribution in [0.4, 0.5) is 0 Å². The lowest BCUT2D eigenvalue weighted by Crippen LogP contribution is -2.12. The van der Waals surface area contributed by atoms with Crippen LogP contribution in [0.1, 0.15) is 23.1 Å². The Morgan fingerprint density at radius 2 is 1.94 bits per heavy atom. The predicted octanol–water partition coefficient (Wildman–Crippen LogP) is 2.64. The largest absolute Gasteiger partial charge is 0.496 e. The van der Waals surface area contributed by atoms with Gasteiger partial charge in [-0.05, 0) is 25.1 Å². The monoisotopic (exact) mass is 217 g/mol. The topological polar surface area (TPSA) is 48.4 Å². The van der Waals surface area contributed by atoms with Crippen LogP contribution in [-0.2, 0) is 0 Å². The second-order valence-corrected chi connectivity index (χ2v) is 3.67. The Balaban J connectivity index is 2.36. The van der Waals surface area contributed by atoms with Crippen LogP contribution in [0.15, 0.2) is 40.8 Å². The third kappa shape index (κ3) is 1.95. The first-order chi connectivity index (χ1) is 7.72. The van der Waals surface area contributed by atoms with Gasteiger partial charge < -0.3 is 14.9 Å². The number of para-hydroxylation sites is 1. The molecule has 2 aromatic rings. The fourth-order valence-corrected chi connectivity index (χ4v) is 1.70. The van der Waals surface area contributed by atoms with Crippen molar-refractivity contribution in [3.8, 4) is 5.75 Å². The first kappa shape index (κ1) is 10.8. The van der Waals surface area contributed by atoms with Gasteiger partial charge in [-0.3, -0.25) is 0 Å². The maximum Gasteiger partial charge on any atom is 0.125 e. The molecule has 1 aromatic carbocycles. The van der Waals surface area contributed by atoms with E-state index in [0.29, 0.717) is 0 Å². The number of aryl methyl sites for hydroxylation is 1. The fourth-order valence-electron chi connectivity index (χ4n) is 1.70. The number of benzene rings is 1. The molecule has 0 aliphatic carbocycles. The molecule has 16 heavy (non-hydrogen) atoms. The van der Waals surface area contributed by atoms with Gasteiger partial charge in [0.15, 0.2) is 0 Å². The molecule has 3 nitrogen and oxygen atoms in total. The van der Waals surface area contributed by atoms with E-state index in [1.165, 1.54) is 0 Å². The number of hydrogen-bond acceptors (Lipinski definition) is 3. The van der Waals surface area contributed by atoms with Crippen LogP contribution in [0.5, 0.6) is 5.75 Å². The quantitative estimate of drug-likeness (QED) is 0.859. The second kappa shape index (κ2) is 4.41. The second-order valence-electron chi connectivity index (χ2n) is 3.67. The molecule has 2 N–H and O–H groups in total. The van der Waals surface area contributed by atoms with Crippen molar-refractivity contribution < 1.29 is 9.15 Å². The summed E-state index contributed by atoms with van der Waals surface area (Å²) in [5, 5.41) is 0. The molecule has 1 atom stereocenters. The van der Waals surface area contributed by atoms with E-state index in [0.717, 1.165) is 22.8 Å². The molecule has 0 spiro atoms. The molecule has 0 aliphatic rings. The zero-order valence-electron chi connectivity index (χ0n) is 9.44. The molecular weight excluding hydrogens is 202 g/mol. The van der Waals surface area contributed by atoms with Gasteiger partial charge in [0.25, 0.3) is 0 Å². The minimum absolute atomic E-state index is 0.287. The minimum Gasteiger partial charge on any atom is -0.496 e. The lowest BCUT2D eigenvalue weighted by Gasteiger charge is -2.13. The summed E-state index contributed by atoms with van der Waals surface area (Å²) >= 11 is 0. The third-order valence-corrected chi connectivity index (χ3v) is 2.54. The summed E-state index contributed by atoms with van der Waals surface area (Å²) in [6.07, 6.45) is 0. The van der Waals surface area contributed by atoms with Crippen LogP contribution in [0.2, 0.25) is 0 Å². The van der Waals surface area contributed by atoms with Gasteiger partial charge in [-0.15, -0.1) is 0 Å². The van der Waals surface area contributed by atoms with Crippen molar-refractivity contribution in [3.63, 3.8) is 0 Å². The normalized spacial score (nSPS) is 12.4. The fraction of sp³-hybridized carbons (Fsp3) is 0.231. The van der Waals surface area contributed by atoms with Crippen LogP contribution in [0, 0.1) is 6.92 Å². The summed E-state index contributed by atoms with van der Waals surface area (Å²) in [7, 11) is 1.64. The first-order valence-corrected chi connectivity index (χ1v) is 5.17. The maximum atomic E-state index is 6.13. The van der Waals surface area contributed by atoms with Crippen molar-refractivity contribution in [2.24, 2.45) is 5.73 Å². The van der Waals surface area contributed by atoms with E-state index in [-0.39, 0.29) is 6.04 Å². The molecule has 0 amide bonds. The Hall–Kier alpha value is -1.74. The third-order valence-electron chi connectivity index (χ3n) is 2.54. The van der Waals surface area contributed by atoms with Gasteiger partial charge in [-0.2, -0.15) is 0 Å². The molecule has 84 valence electrons. The van der Waals surface area contributed by atoms with Crippen molar-refractivity contribution in [3.05, 3.63) is 53.5 Å². The van der Waals surface area contributed by atoms with Crippen molar-refractivity contribution in [2.45, 2.75) is 13.0 Å². The lowest BCUT2D eigenvalue weighted by atomic mass is 10.0. The average molecular weight is 217 g/mol. The van der Waals surface area contributed by atoms with E-state index < -0.39 is 0 Å². The average Bonchev–Trinajstić information content (AvgIpc) is 2.75. The molecule has 2 rings (SSSR count). The van der Waals surface area contributed by atoms with Gasteiger partial charge in [0, 0.05) is 5.56 Å². The molecule has 0 bridgehead atoms. The highest BCUT2D eigenvalue weighted by Gasteiger charge is 2.16. The summed E-state index contributed by atoms with van der Waals surface area (Å²) in [6.45, 7) is 1.90. The Bertz CT molecular complexity index is 476. The van der Waals surface area contributed by atoms with E-state index in [4.69, 9.17) is 14.9 Å². The zero-order chi connectivity index (χ0) is 11.5. The molecule has 0 saturated heterocycles. The standard InChI is InChI=1S/C13H15NO2/c1-9-7-8-12(16-9)13(14)10-5-3-4-6-11(10)15-2/h3-8,13H,14H2,1-2H3. The van der Waals surface area contributed by atoms with Gasteiger partial charge in [0.05, 0.1) is 13.2 Å². The summed E-state index contributed by atoms with van der Waals surface area (Å²) in [4.78, 5) is 0. The number of ether oxygens (including phenoxy) is 1. The number of rotatable bonds is 3. The molecular formula is C13H15NO2. The Morgan fingerprint density at radius 1 is 1.19 bits per heavy atom. The number of methoxy groups -OCH3 is 1. The Labute approximate surface area is 94.8 Å². The van der Waals surface area contributed by atoms with Gasteiger partial charge in [0.1, 0.15) is 17.3 Å². The number of furan rings is 1. The molecule has 1 unspecified atom stereocenters. The van der Waals surface area contributed by atoms with Crippen molar-refractivity contribution >= 4 is 0 Å². The SMILES string of the molecule is COc1ccccc1C(N)c1ccc(C)o1. The van der Waals surface area contributed by atoms with Crippen molar-refractivity contribution in [1.82, 2.24) is 0 Å². The van der Waals surface area contributed by atoms with E-state index in [1.54, 1.807) is 7.11 Å². The lowest BCUT2D eigenvalue weighted by molar-refractivity contribution is 0.401. The summed E-state index contributed by atoms with van der Waals surface area (Å²) < 4.78 is 10.8. The summed E-state index contributed by atoms with van der Waals surface area (Å²) in [5.74, 6) is 2.39.